The van der Waals surface area contributed by atoms with Crippen molar-refractivity contribution < 1.29 is 23.8 Å². The lowest BCUT2D eigenvalue weighted by Crippen LogP contribution is -2.30. The van der Waals surface area contributed by atoms with E-state index in [0.717, 1.165) is 154 Å². The normalized spacial score (nSPS) is 13.4. The van der Waals surface area contributed by atoms with E-state index in [-0.39, 0.29) is 25.2 Å². The summed E-state index contributed by atoms with van der Waals surface area (Å²) in [4.78, 5) is 25.5. The average Bonchev–Trinajstić information content (AvgIpc) is 3.36. The van der Waals surface area contributed by atoms with Gasteiger partial charge in [-0.3, -0.25) is 9.59 Å². The predicted molar refractivity (Wildman–Crippen MR) is 306 cm³/mol. The molecule has 0 radical (unpaired) electrons. The van der Waals surface area contributed by atoms with E-state index in [4.69, 9.17) is 14.2 Å². The Hall–Kier alpha value is -4.22. The number of rotatable bonds is 50. The van der Waals surface area contributed by atoms with Crippen molar-refractivity contribution in [2.45, 2.75) is 232 Å². The fourth-order valence-corrected chi connectivity index (χ4v) is 7.25. The molecule has 0 aromatic carbocycles. The SMILES string of the molecule is CC/C=C\C/C=C\C/C=C\C/C=C\CCCCCCCCC(=O)OCC(COCCCCCCC/C=C\C/C=C\C/C=C\C/C=C\CC)OC(=O)CCCCCC/C=C\C/C=C\C/C=C\C/C=C\CC. The Bertz CT molecular complexity index is 1510. The maximum absolute atomic E-state index is 12.9. The van der Waals surface area contributed by atoms with E-state index in [1.165, 1.54) is 38.5 Å². The molecule has 0 rings (SSSR count). The predicted octanol–water partition coefficient (Wildman–Crippen LogP) is 19.7. The smallest absolute Gasteiger partial charge is 0.306 e. The van der Waals surface area contributed by atoms with Gasteiger partial charge in [0.25, 0.3) is 0 Å². The number of ether oxygens (including phenoxy) is 3. The molecule has 0 fully saturated rings. The fraction of sp³-hybridized carbons (Fsp3) is 0.600. The lowest BCUT2D eigenvalue weighted by atomic mass is 10.1. The molecule has 0 aliphatic heterocycles. The van der Waals surface area contributed by atoms with Gasteiger partial charge in [0.1, 0.15) is 6.61 Å². The molecule has 0 aromatic rings. The maximum Gasteiger partial charge on any atom is 0.306 e. The minimum atomic E-state index is -0.578. The zero-order chi connectivity index (χ0) is 50.6. The molecule has 394 valence electrons. The summed E-state index contributed by atoms with van der Waals surface area (Å²) in [5.74, 6) is -0.460. The number of esters is 2. The van der Waals surface area contributed by atoms with Gasteiger partial charge >= 0.3 is 11.9 Å². The van der Waals surface area contributed by atoms with Crippen LogP contribution in [0, 0.1) is 0 Å². The van der Waals surface area contributed by atoms with Crippen molar-refractivity contribution in [3.05, 3.63) is 146 Å². The summed E-state index contributed by atoms with van der Waals surface area (Å²) < 4.78 is 17.4. The summed E-state index contributed by atoms with van der Waals surface area (Å²) in [6.07, 6.45) is 85.8. The van der Waals surface area contributed by atoms with Crippen molar-refractivity contribution in [1.29, 1.82) is 0 Å². The minimum Gasteiger partial charge on any atom is -0.462 e. The number of allylic oxidation sites excluding steroid dienone is 24. The first kappa shape index (κ1) is 65.8. The molecular formula is C65H104O5. The second-order valence-corrected chi connectivity index (χ2v) is 18.0. The van der Waals surface area contributed by atoms with Crippen molar-refractivity contribution in [3.63, 3.8) is 0 Å². The van der Waals surface area contributed by atoms with Gasteiger partial charge in [0.05, 0.1) is 6.61 Å². The number of hydrogen-bond acceptors (Lipinski definition) is 5. The summed E-state index contributed by atoms with van der Waals surface area (Å²) in [6, 6.07) is 0. The number of carbonyl (C=O) groups is 2. The summed E-state index contributed by atoms with van der Waals surface area (Å²) in [6.45, 7) is 7.39. The molecule has 0 bridgehead atoms. The number of hydrogen-bond donors (Lipinski definition) is 0. The molecule has 0 amide bonds. The van der Waals surface area contributed by atoms with Crippen LogP contribution in [0.1, 0.15) is 226 Å². The van der Waals surface area contributed by atoms with E-state index in [0.29, 0.717) is 19.4 Å². The lowest BCUT2D eigenvalue weighted by molar-refractivity contribution is -0.163. The molecule has 0 aromatic heterocycles. The molecule has 0 spiro atoms. The quantitative estimate of drug-likeness (QED) is 0.0345. The van der Waals surface area contributed by atoms with E-state index in [1.807, 2.05) is 0 Å². The standard InChI is InChI=1S/C65H104O5/c1-4-7-10-13-16-19-22-25-28-31-33-35-37-40-43-46-49-52-55-58-64(66)69-62-63(61-68-60-57-54-51-48-45-42-39-36-32-29-26-23-20-17-14-11-8-5-2)70-65(67)59-56-53-50-47-44-41-38-34-30-27-24-21-18-15-12-9-6-3/h7-12,16-21,25-30,33,35-36,38-39,41,63H,4-6,13-15,22-24,31-32,34,37,40,42-62H2,1-3H3/b10-7-,11-8-,12-9-,19-16-,20-17-,21-18-,28-25-,29-26-,30-27-,35-33-,39-36-,41-38-. The van der Waals surface area contributed by atoms with E-state index >= 15 is 0 Å². The molecule has 0 N–H and O–H groups in total. The highest BCUT2D eigenvalue weighted by Gasteiger charge is 2.17. The largest absolute Gasteiger partial charge is 0.462 e. The molecule has 0 saturated carbocycles. The Morgan fingerprint density at radius 1 is 0.314 bits per heavy atom. The molecule has 0 saturated heterocycles. The Kier molecular flexibility index (Phi) is 55.5. The highest BCUT2D eigenvalue weighted by Crippen LogP contribution is 2.13. The third-order valence-corrected chi connectivity index (χ3v) is 11.4. The van der Waals surface area contributed by atoms with Gasteiger partial charge in [-0.1, -0.05) is 224 Å². The monoisotopic (exact) mass is 965 g/mol. The third kappa shape index (κ3) is 56.4. The Labute approximate surface area is 431 Å². The molecule has 5 heteroatoms. The van der Waals surface area contributed by atoms with Crippen molar-refractivity contribution in [1.82, 2.24) is 0 Å². The van der Waals surface area contributed by atoms with Crippen LogP contribution in [0.3, 0.4) is 0 Å². The van der Waals surface area contributed by atoms with Gasteiger partial charge in [0, 0.05) is 19.4 Å². The first-order valence-corrected chi connectivity index (χ1v) is 28.4. The van der Waals surface area contributed by atoms with Crippen LogP contribution in [-0.4, -0.2) is 37.9 Å². The highest BCUT2D eigenvalue weighted by molar-refractivity contribution is 5.70. The first-order valence-electron chi connectivity index (χ1n) is 28.4. The van der Waals surface area contributed by atoms with Gasteiger partial charge < -0.3 is 14.2 Å². The summed E-state index contributed by atoms with van der Waals surface area (Å²) in [5, 5.41) is 0. The van der Waals surface area contributed by atoms with Crippen LogP contribution in [0.4, 0.5) is 0 Å². The van der Waals surface area contributed by atoms with Crippen LogP contribution in [0.2, 0.25) is 0 Å². The molecule has 0 heterocycles. The van der Waals surface area contributed by atoms with E-state index in [2.05, 4.69) is 167 Å². The van der Waals surface area contributed by atoms with Crippen molar-refractivity contribution in [2.75, 3.05) is 19.8 Å². The Morgan fingerprint density at radius 3 is 0.957 bits per heavy atom. The fourth-order valence-electron chi connectivity index (χ4n) is 7.25. The second-order valence-electron chi connectivity index (χ2n) is 18.0. The minimum absolute atomic E-state index is 0.0496. The molecule has 0 aliphatic carbocycles. The Morgan fingerprint density at radius 2 is 0.600 bits per heavy atom. The molecule has 70 heavy (non-hydrogen) atoms. The molecule has 1 atom stereocenters. The van der Waals surface area contributed by atoms with E-state index in [9.17, 15) is 9.59 Å². The molecule has 5 nitrogen and oxygen atoms in total. The van der Waals surface area contributed by atoms with Gasteiger partial charge in [-0.25, -0.2) is 0 Å². The average molecular weight is 966 g/mol. The van der Waals surface area contributed by atoms with Gasteiger partial charge in [0.2, 0.25) is 0 Å². The zero-order valence-electron chi connectivity index (χ0n) is 45.2. The molecular weight excluding hydrogens is 861 g/mol. The highest BCUT2D eigenvalue weighted by atomic mass is 16.6. The molecule has 1 unspecified atom stereocenters. The first-order chi connectivity index (χ1) is 34.6. The van der Waals surface area contributed by atoms with Gasteiger partial charge in [0.15, 0.2) is 6.10 Å². The van der Waals surface area contributed by atoms with Crippen molar-refractivity contribution in [2.24, 2.45) is 0 Å². The second kappa shape index (κ2) is 59.1. The zero-order valence-corrected chi connectivity index (χ0v) is 45.2. The van der Waals surface area contributed by atoms with Crippen LogP contribution >= 0.6 is 0 Å². The van der Waals surface area contributed by atoms with Gasteiger partial charge in [-0.15, -0.1) is 0 Å². The summed E-state index contributed by atoms with van der Waals surface area (Å²) in [7, 11) is 0. The van der Waals surface area contributed by atoms with Crippen molar-refractivity contribution >= 4 is 11.9 Å². The topological polar surface area (TPSA) is 61.8 Å². The third-order valence-electron chi connectivity index (χ3n) is 11.4. The van der Waals surface area contributed by atoms with E-state index < -0.39 is 6.10 Å². The van der Waals surface area contributed by atoms with Crippen LogP contribution in [0.25, 0.3) is 0 Å². The summed E-state index contributed by atoms with van der Waals surface area (Å²) >= 11 is 0. The van der Waals surface area contributed by atoms with E-state index in [1.54, 1.807) is 0 Å². The van der Waals surface area contributed by atoms with Crippen LogP contribution in [0.15, 0.2) is 146 Å². The van der Waals surface area contributed by atoms with Gasteiger partial charge in [-0.2, -0.15) is 0 Å². The van der Waals surface area contributed by atoms with Crippen LogP contribution < -0.4 is 0 Å². The van der Waals surface area contributed by atoms with Gasteiger partial charge in [-0.05, 0) is 135 Å². The molecule has 0 aliphatic rings. The lowest BCUT2D eigenvalue weighted by Gasteiger charge is -2.18. The maximum atomic E-state index is 12.9. The van der Waals surface area contributed by atoms with Crippen LogP contribution in [-0.2, 0) is 23.8 Å². The number of carbonyl (C=O) groups excluding carboxylic acids is 2. The number of unbranched alkanes of at least 4 members (excludes halogenated alkanes) is 15. The Balaban J connectivity index is 4.43. The van der Waals surface area contributed by atoms with Crippen LogP contribution in [0.5, 0.6) is 0 Å². The van der Waals surface area contributed by atoms with Crippen molar-refractivity contribution in [3.8, 4) is 0 Å². The summed E-state index contributed by atoms with van der Waals surface area (Å²) in [5.41, 5.74) is 0.